The van der Waals surface area contributed by atoms with E-state index < -0.39 is 0 Å². The third-order valence-corrected chi connectivity index (χ3v) is 3.75. The van der Waals surface area contributed by atoms with Crippen molar-refractivity contribution < 1.29 is 10.0 Å². The Hall–Kier alpha value is -2.48. The number of nitrogens with zero attached hydrogens (tertiary/aromatic N) is 3. The maximum Gasteiger partial charge on any atom is 0.269 e. The molecule has 2 aromatic rings. The first kappa shape index (κ1) is 14.9. The molecule has 7 nitrogen and oxygen atoms in total. The van der Waals surface area contributed by atoms with Gasteiger partial charge in [-0.1, -0.05) is 28.7 Å². The van der Waals surface area contributed by atoms with Gasteiger partial charge in [0.15, 0.2) is 5.84 Å². The SMILES string of the molecule is CCc1nnsc1C(=O)Nc1cccc(C)c1/C(N)=N/O. The Kier molecular flexibility index (Phi) is 4.49. The molecule has 0 bridgehead atoms. The number of rotatable bonds is 4. The lowest BCUT2D eigenvalue weighted by Crippen LogP contribution is -2.20. The van der Waals surface area contributed by atoms with Crippen LogP contribution in [0.1, 0.15) is 33.4 Å². The highest BCUT2D eigenvalue weighted by molar-refractivity contribution is 7.08. The van der Waals surface area contributed by atoms with Gasteiger partial charge in [0, 0.05) is 5.56 Å². The molecule has 0 saturated carbocycles. The van der Waals surface area contributed by atoms with Gasteiger partial charge in [-0.2, -0.15) is 0 Å². The fourth-order valence-electron chi connectivity index (χ4n) is 1.95. The van der Waals surface area contributed by atoms with Crippen molar-refractivity contribution in [1.82, 2.24) is 9.59 Å². The predicted molar refractivity (Wildman–Crippen MR) is 80.9 cm³/mol. The lowest BCUT2D eigenvalue weighted by molar-refractivity contribution is 0.102. The molecule has 1 heterocycles. The zero-order valence-electron chi connectivity index (χ0n) is 11.6. The van der Waals surface area contributed by atoms with E-state index in [9.17, 15) is 4.79 Å². The first-order chi connectivity index (χ1) is 10.1. The number of hydrogen-bond donors (Lipinski definition) is 3. The topological polar surface area (TPSA) is 113 Å². The smallest absolute Gasteiger partial charge is 0.269 e. The third-order valence-electron chi connectivity index (χ3n) is 2.98. The molecule has 0 radical (unpaired) electrons. The second-order valence-corrected chi connectivity index (χ2v) is 5.09. The molecule has 0 aliphatic carbocycles. The summed E-state index contributed by atoms with van der Waals surface area (Å²) >= 11 is 1.04. The lowest BCUT2D eigenvalue weighted by Gasteiger charge is -2.12. The van der Waals surface area contributed by atoms with Crippen LogP contribution in [0.4, 0.5) is 5.69 Å². The maximum absolute atomic E-state index is 12.3. The van der Waals surface area contributed by atoms with Crippen molar-refractivity contribution in [3.63, 3.8) is 0 Å². The molecule has 0 atom stereocenters. The summed E-state index contributed by atoms with van der Waals surface area (Å²) in [5.41, 5.74) is 8.08. The first-order valence-electron chi connectivity index (χ1n) is 6.28. The number of aryl methyl sites for hydroxylation is 2. The zero-order valence-corrected chi connectivity index (χ0v) is 12.4. The van der Waals surface area contributed by atoms with Gasteiger partial charge in [0.25, 0.3) is 5.91 Å². The molecule has 2 rings (SSSR count). The van der Waals surface area contributed by atoms with Crippen LogP contribution in [-0.2, 0) is 6.42 Å². The average molecular weight is 305 g/mol. The molecule has 4 N–H and O–H groups in total. The summed E-state index contributed by atoms with van der Waals surface area (Å²) in [6.07, 6.45) is 0.625. The Morgan fingerprint density at radius 3 is 2.95 bits per heavy atom. The van der Waals surface area contributed by atoms with E-state index in [1.807, 2.05) is 19.9 Å². The van der Waals surface area contributed by atoms with Crippen LogP contribution in [0.5, 0.6) is 0 Å². The van der Waals surface area contributed by atoms with E-state index in [1.165, 1.54) is 0 Å². The van der Waals surface area contributed by atoms with Crippen LogP contribution in [0, 0.1) is 6.92 Å². The van der Waals surface area contributed by atoms with E-state index in [1.54, 1.807) is 12.1 Å². The number of oxime groups is 1. The van der Waals surface area contributed by atoms with Crippen molar-refractivity contribution in [3.8, 4) is 0 Å². The lowest BCUT2D eigenvalue weighted by atomic mass is 10.1. The fraction of sp³-hybridized carbons (Fsp3) is 0.231. The summed E-state index contributed by atoms with van der Waals surface area (Å²) in [4.78, 5) is 12.8. The average Bonchev–Trinajstić information content (AvgIpc) is 2.95. The van der Waals surface area contributed by atoms with Gasteiger partial charge < -0.3 is 16.3 Å². The Balaban J connectivity index is 2.36. The Morgan fingerprint density at radius 1 is 1.52 bits per heavy atom. The molecule has 8 heteroatoms. The van der Waals surface area contributed by atoms with Crippen LogP contribution in [-0.4, -0.2) is 26.5 Å². The van der Waals surface area contributed by atoms with Gasteiger partial charge in [-0.25, -0.2) is 0 Å². The van der Waals surface area contributed by atoms with E-state index >= 15 is 0 Å². The Bertz CT molecular complexity index is 696. The van der Waals surface area contributed by atoms with Crippen molar-refractivity contribution in [2.75, 3.05) is 5.32 Å². The summed E-state index contributed by atoms with van der Waals surface area (Å²) < 4.78 is 3.79. The highest BCUT2D eigenvalue weighted by Crippen LogP contribution is 2.21. The van der Waals surface area contributed by atoms with Crippen molar-refractivity contribution >= 4 is 29.0 Å². The van der Waals surface area contributed by atoms with E-state index in [-0.39, 0.29) is 11.7 Å². The van der Waals surface area contributed by atoms with E-state index in [2.05, 4.69) is 20.1 Å². The van der Waals surface area contributed by atoms with E-state index in [0.717, 1.165) is 17.1 Å². The molecule has 0 spiro atoms. The molecular weight excluding hydrogens is 290 g/mol. The molecule has 0 unspecified atom stereocenters. The molecule has 110 valence electrons. The van der Waals surface area contributed by atoms with Gasteiger partial charge in [0.05, 0.1) is 11.4 Å². The van der Waals surface area contributed by atoms with Gasteiger partial charge in [-0.05, 0) is 36.5 Å². The minimum Gasteiger partial charge on any atom is -0.409 e. The summed E-state index contributed by atoms with van der Waals surface area (Å²) in [5, 5.41) is 18.5. The number of amides is 1. The first-order valence-corrected chi connectivity index (χ1v) is 7.05. The largest absolute Gasteiger partial charge is 0.409 e. The number of benzene rings is 1. The Morgan fingerprint density at radius 2 is 2.29 bits per heavy atom. The summed E-state index contributed by atoms with van der Waals surface area (Å²) in [5.74, 6) is -0.360. The minimum atomic E-state index is -0.306. The molecule has 0 saturated heterocycles. The Labute approximate surface area is 125 Å². The number of nitrogens with two attached hydrogens (primary N) is 1. The standard InChI is InChI=1S/C13H15N5O2S/c1-3-8-11(21-18-16-8)13(19)15-9-6-4-5-7(2)10(9)12(14)17-20/h4-6,20H,3H2,1-2H3,(H2,14,17)(H,15,19). The number of anilines is 1. The number of aromatic nitrogens is 2. The van der Waals surface area contributed by atoms with Gasteiger partial charge in [0.2, 0.25) is 0 Å². The quantitative estimate of drug-likeness (QED) is 0.345. The monoisotopic (exact) mass is 305 g/mol. The van der Waals surface area contributed by atoms with Crippen LogP contribution in [0.15, 0.2) is 23.4 Å². The minimum absolute atomic E-state index is 0.0541. The van der Waals surface area contributed by atoms with E-state index in [0.29, 0.717) is 28.2 Å². The van der Waals surface area contributed by atoms with Gasteiger partial charge in [-0.3, -0.25) is 4.79 Å². The molecular formula is C13H15N5O2S. The maximum atomic E-state index is 12.3. The van der Waals surface area contributed by atoms with Gasteiger partial charge >= 0.3 is 0 Å². The fourth-order valence-corrected chi connectivity index (χ4v) is 2.60. The van der Waals surface area contributed by atoms with Crippen molar-refractivity contribution in [2.45, 2.75) is 20.3 Å². The molecule has 0 aliphatic heterocycles. The van der Waals surface area contributed by atoms with Crippen LogP contribution >= 0.6 is 11.5 Å². The number of nitrogens with one attached hydrogen (secondary N) is 1. The normalized spacial score (nSPS) is 11.4. The van der Waals surface area contributed by atoms with Gasteiger partial charge in [0.1, 0.15) is 4.88 Å². The zero-order chi connectivity index (χ0) is 15.4. The number of hydrogen-bond acceptors (Lipinski definition) is 6. The molecule has 1 aromatic carbocycles. The molecule has 1 amide bonds. The molecule has 0 fully saturated rings. The highest BCUT2D eigenvalue weighted by atomic mass is 32.1. The highest BCUT2D eigenvalue weighted by Gasteiger charge is 2.18. The summed E-state index contributed by atoms with van der Waals surface area (Å²) in [6, 6.07) is 5.29. The van der Waals surface area contributed by atoms with Crippen LogP contribution < -0.4 is 11.1 Å². The van der Waals surface area contributed by atoms with E-state index in [4.69, 9.17) is 10.9 Å². The second-order valence-electron chi connectivity index (χ2n) is 4.34. The third kappa shape index (κ3) is 3.00. The van der Waals surface area contributed by atoms with Crippen molar-refractivity contribution in [1.29, 1.82) is 0 Å². The summed E-state index contributed by atoms with van der Waals surface area (Å²) in [6.45, 7) is 3.72. The predicted octanol–water partition coefficient (Wildman–Crippen LogP) is 1.76. The van der Waals surface area contributed by atoms with Crippen molar-refractivity contribution in [3.05, 3.63) is 39.9 Å². The summed E-state index contributed by atoms with van der Waals surface area (Å²) in [7, 11) is 0. The van der Waals surface area contributed by atoms with Crippen LogP contribution in [0.25, 0.3) is 0 Å². The van der Waals surface area contributed by atoms with Crippen molar-refractivity contribution in [2.24, 2.45) is 10.9 Å². The number of amidine groups is 1. The molecule has 1 aromatic heterocycles. The van der Waals surface area contributed by atoms with Gasteiger partial charge in [-0.15, -0.1) is 5.10 Å². The number of carbonyl (C=O) groups is 1. The van der Waals surface area contributed by atoms with Crippen LogP contribution in [0.2, 0.25) is 0 Å². The second kappa shape index (κ2) is 6.31. The molecule has 21 heavy (non-hydrogen) atoms. The number of carbonyl (C=O) groups excluding carboxylic acids is 1. The molecule has 0 aliphatic rings. The van der Waals surface area contributed by atoms with Crippen LogP contribution in [0.3, 0.4) is 0 Å².